The van der Waals surface area contributed by atoms with Crippen molar-refractivity contribution in [3.8, 4) is 0 Å². The first kappa shape index (κ1) is 55.1. The minimum Gasteiger partial charge on any atom is -0.756 e. The largest absolute Gasteiger partial charge is 0.756 e. The van der Waals surface area contributed by atoms with Crippen LogP contribution in [0, 0.1) is 11.8 Å². The van der Waals surface area contributed by atoms with Crippen molar-refractivity contribution in [2.75, 3.05) is 47.5 Å². The standard InChI is InChI=1S/C46H84NO11P/c1-6-8-10-11-12-13-14-15-16-17-18-19-20-21-26-30-45(51)55-37-40(38-57-59(53,54)56-35-34-47(3,4)5)58-46(52)31-27-23-22-25-29-41-42(44(50)36-43(41)49)33-32-39(48)28-24-9-7-2/h13-14,22,25,32-33,39-44,48-50H,6-12,15-21,23-24,26-31,34-38H2,1-5H3/b14-13-,25-22+,33-32+/t39-,40+,41+,42+,43-,44+/m0/s1. The molecule has 1 aliphatic rings. The molecule has 3 N–H and O–H groups in total. The van der Waals surface area contributed by atoms with Crippen LogP contribution in [0.5, 0.6) is 0 Å². The fourth-order valence-corrected chi connectivity index (χ4v) is 7.72. The number of phosphoric acid groups is 1. The van der Waals surface area contributed by atoms with Crippen LogP contribution in [-0.2, 0) is 32.7 Å². The summed E-state index contributed by atoms with van der Waals surface area (Å²) in [5.41, 5.74) is 0. The van der Waals surface area contributed by atoms with Gasteiger partial charge in [-0.3, -0.25) is 14.2 Å². The number of likely N-dealkylation sites (N-methyl/N-ethyl adjacent to an activating group) is 1. The minimum atomic E-state index is -4.70. The molecule has 0 aliphatic heterocycles. The van der Waals surface area contributed by atoms with Gasteiger partial charge >= 0.3 is 11.9 Å². The number of carbonyl (C=O) groups is 2. The monoisotopic (exact) mass is 858 g/mol. The summed E-state index contributed by atoms with van der Waals surface area (Å²) in [4.78, 5) is 37.8. The summed E-state index contributed by atoms with van der Waals surface area (Å²) in [5, 5.41) is 31.4. The van der Waals surface area contributed by atoms with Crippen LogP contribution >= 0.6 is 7.82 Å². The summed E-state index contributed by atoms with van der Waals surface area (Å²) >= 11 is 0. The zero-order chi connectivity index (χ0) is 43.8. The normalized spacial score (nSPS) is 20.8. The number of allylic oxidation sites excluding steroid dienone is 4. The molecule has 344 valence electrons. The van der Waals surface area contributed by atoms with E-state index in [4.69, 9.17) is 18.5 Å². The minimum absolute atomic E-state index is 0.0473. The Morgan fingerprint density at radius 1 is 0.746 bits per heavy atom. The number of aliphatic hydroxyl groups excluding tert-OH is 3. The smallest absolute Gasteiger partial charge is 0.306 e. The van der Waals surface area contributed by atoms with E-state index in [0.29, 0.717) is 43.1 Å². The number of aliphatic hydroxyl groups is 3. The van der Waals surface area contributed by atoms with Gasteiger partial charge in [0.25, 0.3) is 7.82 Å². The van der Waals surface area contributed by atoms with Crippen LogP contribution in [0.25, 0.3) is 0 Å². The molecule has 59 heavy (non-hydrogen) atoms. The van der Waals surface area contributed by atoms with Gasteiger partial charge in [0, 0.05) is 25.2 Å². The molecule has 1 aliphatic carbocycles. The first-order valence-electron chi connectivity index (χ1n) is 23.0. The number of carbonyl (C=O) groups excluding carboxylic acids is 2. The Morgan fingerprint density at radius 3 is 1.98 bits per heavy atom. The summed E-state index contributed by atoms with van der Waals surface area (Å²) in [5.74, 6) is -1.46. The van der Waals surface area contributed by atoms with E-state index >= 15 is 0 Å². The summed E-state index contributed by atoms with van der Waals surface area (Å²) in [7, 11) is 1.01. The number of esters is 2. The Kier molecular flexibility index (Phi) is 31.5. The number of hydrogen-bond acceptors (Lipinski definition) is 11. The van der Waals surface area contributed by atoms with Gasteiger partial charge in [-0.2, -0.15) is 0 Å². The molecular formula is C46H84NO11P. The van der Waals surface area contributed by atoms with E-state index in [1.807, 2.05) is 39.4 Å². The molecule has 0 aromatic rings. The molecule has 1 fully saturated rings. The number of rotatable bonds is 37. The van der Waals surface area contributed by atoms with Gasteiger partial charge < -0.3 is 43.2 Å². The Hall–Kier alpha value is -1.89. The molecule has 0 aromatic heterocycles. The topological polar surface area (TPSA) is 172 Å². The van der Waals surface area contributed by atoms with Gasteiger partial charge in [0.05, 0.1) is 46.1 Å². The molecule has 0 radical (unpaired) electrons. The van der Waals surface area contributed by atoms with Crippen LogP contribution in [0.3, 0.4) is 0 Å². The molecule has 0 bridgehead atoms. The molecule has 1 rings (SSSR count). The van der Waals surface area contributed by atoms with E-state index in [0.717, 1.165) is 44.9 Å². The zero-order valence-corrected chi connectivity index (χ0v) is 38.4. The second kappa shape index (κ2) is 33.7. The van der Waals surface area contributed by atoms with Gasteiger partial charge in [0.15, 0.2) is 6.10 Å². The zero-order valence-electron chi connectivity index (χ0n) is 37.5. The van der Waals surface area contributed by atoms with Crippen LogP contribution in [0.4, 0.5) is 0 Å². The Morgan fingerprint density at radius 2 is 1.32 bits per heavy atom. The average molecular weight is 858 g/mol. The highest BCUT2D eigenvalue weighted by Crippen LogP contribution is 2.38. The van der Waals surface area contributed by atoms with Gasteiger partial charge in [-0.1, -0.05) is 121 Å². The lowest BCUT2D eigenvalue weighted by molar-refractivity contribution is -0.870. The first-order valence-corrected chi connectivity index (χ1v) is 24.4. The number of quaternary nitrogens is 1. The summed E-state index contributed by atoms with van der Waals surface area (Å²) in [6, 6.07) is 0. The quantitative estimate of drug-likeness (QED) is 0.0180. The van der Waals surface area contributed by atoms with E-state index in [9.17, 15) is 34.4 Å². The molecule has 7 atom stereocenters. The van der Waals surface area contributed by atoms with E-state index < -0.39 is 50.8 Å². The molecule has 13 heteroatoms. The van der Waals surface area contributed by atoms with Gasteiger partial charge in [-0.15, -0.1) is 0 Å². The molecule has 0 heterocycles. The van der Waals surface area contributed by atoms with Crippen LogP contribution < -0.4 is 4.89 Å². The maximum atomic E-state index is 12.8. The fourth-order valence-electron chi connectivity index (χ4n) is 7.00. The van der Waals surface area contributed by atoms with E-state index in [1.54, 1.807) is 6.08 Å². The third-order valence-electron chi connectivity index (χ3n) is 10.7. The third-order valence-corrected chi connectivity index (χ3v) is 11.7. The molecular weight excluding hydrogens is 773 g/mol. The van der Waals surface area contributed by atoms with Crippen molar-refractivity contribution in [1.82, 2.24) is 0 Å². The lowest BCUT2D eigenvalue weighted by atomic mass is 9.89. The lowest BCUT2D eigenvalue weighted by Crippen LogP contribution is -2.37. The third kappa shape index (κ3) is 30.7. The van der Waals surface area contributed by atoms with Crippen LogP contribution in [-0.4, -0.2) is 104 Å². The van der Waals surface area contributed by atoms with Crippen molar-refractivity contribution in [2.45, 2.75) is 186 Å². The molecule has 0 aromatic carbocycles. The second-order valence-corrected chi connectivity index (χ2v) is 18.8. The first-order chi connectivity index (χ1) is 28.2. The van der Waals surface area contributed by atoms with Crippen molar-refractivity contribution in [3.05, 3.63) is 36.5 Å². The molecule has 0 saturated heterocycles. The summed E-state index contributed by atoms with van der Waals surface area (Å²) in [6.45, 7) is 3.82. The maximum absolute atomic E-state index is 12.8. The van der Waals surface area contributed by atoms with Crippen LogP contribution in [0.15, 0.2) is 36.5 Å². The Balaban J connectivity index is 2.51. The predicted molar refractivity (Wildman–Crippen MR) is 233 cm³/mol. The Bertz CT molecular complexity index is 1220. The molecule has 1 saturated carbocycles. The van der Waals surface area contributed by atoms with Crippen molar-refractivity contribution in [3.63, 3.8) is 0 Å². The average Bonchev–Trinajstić information content (AvgIpc) is 3.44. The van der Waals surface area contributed by atoms with E-state index in [-0.39, 0.29) is 44.3 Å². The molecule has 0 spiro atoms. The number of unbranched alkanes of at least 4 members (excludes halogenated alkanes) is 14. The van der Waals surface area contributed by atoms with Gasteiger partial charge in [-0.25, -0.2) is 0 Å². The van der Waals surface area contributed by atoms with Gasteiger partial charge in [0.2, 0.25) is 0 Å². The van der Waals surface area contributed by atoms with Crippen molar-refractivity contribution in [1.29, 1.82) is 0 Å². The highest BCUT2D eigenvalue weighted by atomic mass is 31.2. The number of nitrogens with zero attached hydrogens (tertiary/aromatic N) is 1. The maximum Gasteiger partial charge on any atom is 0.306 e. The summed E-state index contributed by atoms with van der Waals surface area (Å²) < 4.78 is 33.9. The van der Waals surface area contributed by atoms with Crippen molar-refractivity contribution < 1.29 is 57.4 Å². The van der Waals surface area contributed by atoms with E-state index in [2.05, 4.69) is 26.0 Å². The van der Waals surface area contributed by atoms with Crippen LogP contribution in [0.1, 0.15) is 162 Å². The van der Waals surface area contributed by atoms with Crippen molar-refractivity contribution in [2.24, 2.45) is 11.8 Å². The highest BCUT2D eigenvalue weighted by Gasteiger charge is 2.39. The summed E-state index contributed by atoms with van der Waals surface area (Å²) in [6.07, 6.45) is 29.8. The molecule has 12 nitrogen and oxygen atoms in total. The molecule has 0 amide bonds. The number of hydrogen-bond donors (Lipinski definition) is 3. The van der Waals surface area contributed by atoms with Crippen LogP contribution in [0.2, 0.25) is 0 Å². The van der Waals surface area contributed by atoms with Crippen molar-refractivity contribution >= 4 is 19.8 Å². The van der Waals surface area contributed by atoms with Gasteiger partial charge in [0.1, 0.15) is 19.8 Å². The predicted octanol–water partition coefficient (Wildman–Crippen LogP) is 8.66. The SMILES string of the molecule is CCCCCC/C=C\CCCCCCCCCC(=O)OC[C@H](COP(=O)([O-])OCC[N+](C)(C)C)OC(=O)CCC/C=C/C[C@@H]1[C@@H](/C=C/[C@@H](O)CCCCC)[C@H](O)C[C@@H]1O. The van der Waals surface area contributed by atoms with Gasteiger partial charge in [-0.05, 0) is 63.7 Å². The fraction of sp³-hybridized carbons (Fsp3) is 0.826. The Labute approximate surface area is 358 Å². The van der Waals surface area contributed by atoms with E-state index in [1.165, 1.54) is 51.4 Å². The second-order valence-electron chi connectivity index (χ2n) is 17.4. The highest BCUT2D eigenvalue weighted by molar-refractivity contribution is 7.45. The number of phosphoric ester groups is 1. The number of ether oxygens (including phenoxy) is 2. The lowest BCUT2D eigenvalue weighted by Gasteiger charge is -2.28. The molecule has 1 unspecified atom stereocenters.